The summed E-state index contributed by atoms with van der Waals surface area (Å²) in [5, 5.41) is 7.76. The maximum Gasteiger partial charge on any atom is 0.232 e. The zero-order valence-electron chi connectivity index (χ0n) is 13.8. The number of anilines is 2. The second-order valence-electron chi connectivity index (χ2n) is 5.47. The zero-order valence-corrected chi connectivity index (χ0v) is 16.2. The zero-order chi connectivity index (χ0) is 18.9. The molecule has 0 spiro atoms. The first-order valence-electron chi connectivity index (χ1n) is 7.33. The van der Waals surface area contributed by atoms with Gasteiger partial charge in [0.15, 0.2) is 20.1 Å². The molecule has 8 nitrogen and oxygen atoms in total. The van der Waals surface area contributed by atoms with Crippen molar-refractivity contribution in [3.8, 4) is 0 Å². The average Bonchev–Trinajstić information content (AvgIpc) is 3.10. The summed E-state index contributed by atoms with van der Waals surface area (Å²) in [5.74, 6) is -0.523. The fourth-order valence-corrected chi connectivity index (χ4v) is 4.51. The van der Waals surface area contributed by atoms with E-state index in [0.717, 1.165) is 6.26 Å². The van der Waals surface area contributed by atoms with Crippen LogP contribution in [0.5, 0.6) is 0 Å². The number of fused-ring (bicyclic) bond motifs is 1. The molecule has 26 heavy (non-hydrogen) atoms. The number of sulfone groups is 1. The Morgan fingerprint density at radius 2 is 1.92 bits per heavy atom. The summed E-state index contributed by atoms with van der Waals surface area (Å²) >= 11 is 2.44. The maximum atomic E-state index is 12.2. The second kappa shape index (κ2) is 7.09. The maximum absolute atomic E-state index is 12.2. The summed E-state index contributed by atoms with van der Waals surface area (Å²) in [7, 11) is -3.30. The van der Waals surface area contributed by atoms with E-state index >= 15 is 0 Å². The van der Waals surface area contributed by atoms with E-state index < -0.39 is 9.84 Å². The molecular formula is C15H14N4O4S3. The van der Waals surface area contributed by atoms with Crippen molar-refractivity contribution in [2.75, 3.05) is 16.9 Å². The second-order valence-corrected chi connectivity index (χ2v) is 9.38. The van der Waals surface area contributed by atoms with E-state index in [1.54, 1.807) is 11.4 Å². The number of rotatable bonds is 5. The molecule has 0 atom stereocenters. The summed E-state index contributed by atoms with van der Waals surface area (Å²) in [6, 6.07) is 4.64. The largest absolute Gasteiger partial charge is 0.302 e. The van der Waals surface area contributed by atoms with Crippen LogP contribution in [0.4, 0.5) is 10.3 Å². The molecule has 2 N–H and O–H groups in total. The van der Waals surface area contributed by atoms with Gasteiger partial charge in [-0.1, -0.05) is 11.3 Å². The Morgan fingerprint density at radius 1 is 1.15 bits per heavy atom. The molecule has 0 saturated carbocycles. The number of benzene rings is 1. The average molecular weight is 411 g/mol. The van der Waals surface area contributed by atoms with Gasteiger partial charge >= 0.3 is 0 Å². The van der Waals surface area contributed by atoms with E-state index in [2.05, 4.69) is 20.6 Å². The highest BCUT2D eigenvalue weighted by atomic mass is 32.2. The summed E-state index contributed by atoms with van der Waals surface area (Å²) in [6.07, 6.45) is 1.18. The molecule has 2 aromatic heterocycles. The third kappa shape index (κ3) is 4.42. The molecule has 0 aliphatic heterocycles. The van der Waals surface area contributed by atoms with Gasteiger partial charge < -0.3 is 10.6 Å². The molecule has 2 amide bonds. The smallest absolute Gasteiger partial charge is 0.232 e. The highest BCUT2D eigenvalue weighted by molar-refractivity contribution is 7.90. The number of hydrogen-bond donors (Lipinski definition) is 2. The highest BCUT2D eigenvalue weighted by Crippen LogP contribution is 2.28. The molecule has 0 aliphatic rings. The molecule has 11 heteroatoms. The number of aromatic nitrogens is 2. The van der Waals surface area contributed by atoms with Gasteiger partial charge in [0.05, 0.1) is 27.2 Å². The highest BCUT2D eigenvalue weighted by Gasteiger charge is 2.13. The first kappa shape index (κ1) is 18.4. The van der Waals surface area contributed by atoms with Crippen molar-refractivity contribution < 1.29 is 18.0 Å². The van der Waals surface area contributed by atoms with Crippen molar-refractivity contribution in [1.82, 2.24) is 9.97 Å². The lowest BCUT2D eigenvalue weighted by atomic mass is 10.3. The SMILES string of the molecule is CC(=O)Nc1nc(CC(=O)Nc2nc3ccc(S(C)(=O)=O)cc3s2)cs1. The van der Waals surface area contributed by atoms with E-state index in [-0.39, 0.29) is 23.1 Å². The Kier molecular flexibility index (Phi) is 5.03. The topological polar surface area (TPSA) is 118 Å². The van der Waals surface area contributed by atoms with Crippen molar-refractivity contribution in [3.05, 3.63) is 29.3 Å². The van der Waals surface area contributed by atoms with Crippen LogP contribution in [0.25, 0.3) is 10.2 Å². The molecule has 3 aromatic rings. The summed E-state index contributed by atoms with van der Waals surface area (Å²) < 4.78 is 23.9. The molecule has 0 saturated heterocycles. The molecule has 1 aromatic carbocycles. The van der Waals surface area contributed by atoms with E-state index in [1.807, 2.05) is 0 Å². The lowest BCUT2D eigenvalue weighted by Crippen LogP contribution is -2.14. The minimum atomic E-state index is -3.30. The number of hydrogen-bond acceptors (Lipinski definition) is 8. The summed E-state index contributed by atoms with van der Waals surface area (Å²) in [4.78, 5) is 31.8. The molecule has 2 heterocycles. The lowest BCUT2D eigenvalue weighted by Gasteiger charge is -1.98. The molecule has 0 aliphatic carbocycles. The minimum absolute atomic E-state index is 0.0423. The number of carbonyl (C=O) groups excluding carboxylic acids is 2. The monoisotopic (exact) mass is 410 g/mol. The number of nitrogens with one attached hydrogen (secondary N) is 2. The van der Waals surface area contributed by atoms with Crippen LogP contribution < -0.4 is 10.6 Å². The van der Waals surface area contributed by atoms with E-state index in [4.69, 9.17) is 0 Å². The number of thiazole rings is 2. The molecular weight excluding hydrogens is 396 g/mol. The predicted octanol–water partition coefficient (Wildman–Crippen LogP) is 2.30. The summed E-state index contributed by atoms with van der Waals surface area (Å²) in [6.45, 7) is 1.39. The quantitative estimate of drug-likeness (QED) is 0.666. The van der Waals surface area contributed by atoms with Crippen LogP contribution in [-0.2, 0) is 25.8 Å². The number of nitrogens with zero attached hydrogens (tertiary/aromatic N) is 2. The Morgan fingerprint density at radius 3 is 2.62 bits per heavy atom. The van der Waals surface area contributed by atoms with Crippen LogP contribution in [0.3, 0.4) is 0 Å². The number of amides is 2. The fraction of sp³-hybridized carbons (Fsp3) is 0.200. The van der Waals surface area contributed by atoms with Gasteiger partial charge in [-0.3, -0.25) is 9.59 Å². The van der Waals surface area contributed by atoms with Gasteiger partial charge in [-0.05, 0) is 18.2 Å². The molecule has 136 valence electrons. The van der Waals surface area contributed by atoms with E-state index in [1.165, 1.54) is 41.7 Å². The van der Waals surface area contributed by atoms with Crippen LogP contribution in [0.2, 0.25) is 0 Å². The lowest BCUT2D eigenvalue weighted by molar-refractivity contribution is -0.116. The third-order valence-corrected chi connectivity index (χ3v) is 6.06. The Hall–Kier alpha value is -2.37. The van der Waals surface area contributed by atoms with Crippen molar-refractivity contribution in [1.29, 1.82) is 0 Å². The number of carbonyl (C=O) groups is 2. The molecule has 3 rings (SSSR count). The summed E-state index contributed by atoms with van der Waals surface area (Å²) in [5.41, 5.74) is 1.15. The fourth-order valence-electron chi connectivity index (χ4n) is 2.11. The first-order valence-corrected chi connectivity index (χ1v) is 10.9. The minimum Gasteiger partial charge on any atom is -0.302 e. The van der Waals surface area contributed by atoms with Gasteiger partial charge in [0, 0.05) is 18.6 Å². The van der Waals surface area contributed by atoms with Gasteiger partial charge in [0.2, 0.25) is 11.8 Å². The first-order chi connectivity index (χ1) is 12.2. The molecule has 0 bridgehead atoms. The molecule has 0 fully saturated rings. The van der Waals surface area contributed by atoms with Gasteiger partial charge in [0.1, 0.15) is 0 Å². The van der Waals surface area contributed by atoms with E-state index in [0.29, 0.717) is 26.2 Å². The van der Waals surface area contributed by atoms with Crippen molar-refractivity contribution >= 4 is 64.8 Å². The van der Waals surface area contributed by atoms with Crippen molar-refractivity contribution in [2.24, 2.45) is 0 Å². The van der Waals surface area contributed by atoms with Gasteiger partial charge in [0.25, 0.3) is 0 Å². The third-order valence-electron chi connectivity index (χ3n) is 3.21. The van der Waals surface area contributed by atoms with Crippen LogP contribution in [0.15, 0.2) is 28.5 Å². The van der Waals surface area contributed by atoms with Crippen molar-refractivity contribution in [3.63, 3.8) is 0 Å². The van der Waals surface area contributed by atoms with Crippen LogP contribution in [0, 0.1) is 0 Å². The van der Waals surface area contributed by atoms with E-state index in [9.17, 15) is 18.0 Å². The standard InChI is InChI=1S/C15H14N4O4S3/c1-8(20)16-14-17-9(7-24-14)5-13(21)19-15-18-11-4-3-10(26(2,22)23)6-12(11)25-15/h3-4,6-7H,5H2,1-2H3,(H,16,17,20)(H,18,19,21). The molecule has 0 unspecified atom stereocenters. The Balaban J connectivity index is 1.71. The predicted molar refractivity (Wildman–Crippen MR) is 101 cm³/mol. The molecule has 0 radical (unpaired) electrons. The Bertz CT molecular complexity index is 1100. The van der Waals surface area contributed by atoms with Crippen LogP contribution >= 0.6 is 22.7 Å². The van der Waals surface area contributed by atoms with Gasteiger partial charge in [-0.15, -0.1) is 11.3 Å². The Labute approximate surface area is 157 Å². The van der Waals surface area contributed by atoms with Crippen LogP contribution in [0.1, 0.15) is 12.6 Å². The van der Waals surface area contributed by atoms with Gasteiger partial charge in [-0.25, -0.2) is 18.4 Å². The normalized spacial score (nSPS) is 11.5. The van der Waals surface area contributed by atoms with Gasteiger partial charge in [-0.2, -0.15) is 0 Å². The van der Waals surface area contributed by atoms with Crippen molar-refractivity contribution in [2.45, 2.75) is 18.2 Å². The van der Waals surface area contributed by atoms with Crippen LogP contribution in [-0.4, -0.2) is 36.5 Å².